The summed E-state index contributed by atoms with van der Waals surface area (Å²) < 4.78 is 23.3. The fourth-order valence-electron chi connectivity index (χ4n) is 2.99. The minimum Gasteiger partial charge on any atom is -0.366 e. The monoisotopic (exact) mass is 440 g/mol. The summed E-state index contributed by atoms with van der Waals surface area (Å²) in [7, 11) is -3.81. The summed E-state index contributed by atoms with van der Waals surface area (Å²) in [6.45, 7) is 2.25. The zero-order valence-electron chi connectivity index (χ0n) is 14.3. The molecule has 0 bridgehead atoms. The normalized spacial score (nSPS) is 20.6. The highest BCUT2D eigenvalue weighted by Gasteiger charge is 2.22. The Bertz CT molecular complexity index is 875. The molecule has 2 unspecified atom stereocenters. The molecule has 1 aliphatic carbocycles. The van der Waals surface area contributed by atoms with Crippen molar-refractivity contribution in [3.8, 4) is 0 Å². The number of hydrogen-bond acceptors (Lipinski definition) is 7. The summed E-state index contributed by atoms with van der Waals surface area (Å²) in [6, 6.07) is 3.28. The summed E-state index contributed by atoms with van der Waals surface area (Å²) in [5, 5.41) is 11.4. The van der Waals surface area contributed by atoms with Crippen molar-refractivity contribution in [2.75, 3.05) is 10.6 Å². The van der Waals surface area contributed by atoms with E-state index in [-0.39, 0.29) is 5.03 Å². The van der Waals surface area contributed by atoms with Crippen LogP contribution in [0.1, 0.15) is 32.6 Å². The molecule has 1 aliphatic rings. The van der Waals surface area contributed by atoms with Crippen molar-refractivity contribution in [1.82, 2.24) is 15.0 Å². The van der Waals surface area contributed by atoms with Crippen molar-refractivity contribution in [3.05, 3.63) is 29.0 Å². The molecule has 2 aromatic rings. The number of nitrogens with zero attached hydrogens (tertiary/aromatic N) is 3. The average Bonchev–Trinajstić information content (AvgIpc) is 2.59. The van der Waals surface area contributed by atoms with Crippen LogP contribution in [0.5, 0.6) is 0 Å². The van der Waals surface area contributed by atoms with Crippen LogP contribution in [0.2, 0.25) is 0 Å². The first kappa shape index (κ1) is 19.0. The molecule has 2 aromatic heterocycles. The number of hydrogen-bond donors (Lipinski definition) is 3. The lowest BCUT2D eigenvalue weighted by Gasteiger charge is -2.30. The van der Waals surface area contributed by atoms with Crippen LogP contribution in [0.15, 0.2) is 34.0 Å². The van der Waals surface area contributed by atoms with Gasteiger partial charge in [-0.2, -0.15) is 4.98 Å². The van der Waals surface area contributed by atoms with Gasteiger partial charge in [0.15, 0.2) is 5.03 Å². The Hall–Kier alpha value is -1.78. The third-order valence-corrected chi connectivity index (χ3v) is 5.87. The molecule has 10 heteroatoms. The Labute approximate surface area is 161 Å². The molecule has 1 saturated carbocycles. The average molecular weight is 441 g/mol. The van der Waals surface area contributed by atoms with Gasteiger partial charge < -0.3 is 10.6 Å². The minimum absolute atomic E-state index is 0.187. The molecule has 3 rings (SSSR count). The highest BCUT2D eigenvalue weighted by molar-refractivity contribution is 9.10. The molecule has 0 amide bonds. The number of anilines is 3. The van der Waals surface area contributed by atoms with E-state index >= 15 is 0 Å². The van der Waals surface area contributed by atoms with Crippen LogP contribution in [-0.4, -0.2) is 29.4 Å². The minimum atomic E-state index is -3.81. The maximum atomic E-state index is 11.3. The van der Waals surface area contributed by atoms with Crippen molar-refractivity contribution in [2.24, 2.45) is 11.1 Å². The SMILES string of the molecule is CC1CCCCC1Nc1nc(Nc2ccc(S(N)(=O)=O)nc2)ncc1Br. The summed E-state index contributed by atoms with van der Waals surface area (Å²) in [4.78, 5) is 12.6. The van der Waals surface area contributed by atoms with Crippen molar-refractivity contribution >= 4 is 43.4 Å². The molecular formula is C16H21BrN6O2S. The van der Waals surface area contributed by atoms with Crippen LogP contribution in [0.25, 0.3) is 0 Å². The molecule has 0 aromatic carbocycles. The largest absolute Gasteiger partial charge is 0.366 e. The van der Waals surface area contributed by atoms with E-state index in [9.17, 15) is 8.42 Å². The summed E-state index contributed by atoms with van der Waals surface area (Å²) in [6.07, 6.45) is 7.89. The van der Waals surface area contributed by atoms with Gasteiger partial charge in [0, 0.05) is 12.2 Å². The summed E-state index contributed by atoms with van der Waals surface area (Å²) in [5.41, 5.74) is 0.566. The van der Waals surface area contributed by atoms with E-state index in [0.29, 0.717) is 23.6 Å². The van der Waals surface area contributed by atoms with Crippen LogP contribution in [0, 0.1) is 5.92 Å². The maximum Gasteiger partial charge on any atom is 0.255 e. The lowest BCUT2D eigenvalue weighted by Crippen LogP contribution is -2.30. The van der Waals surface area contributed by atoms with Gasteiger partial charge in [-0.25, -0.2) is 23.5 Å². The molecule has 1 fully saturated rings. The first-order valence-corrected chi connectivity index (χ1v) is 10.7. The van der Waals surface area contributed by atoms with Crippen LogP contribution in [0.4, 0.5) is 17.5 Å². The number of halogens is 1. The Morgan fingerprint density at radius 2 is 1.96 bits per heavy atom. The van der Waals surface area contributed by atoms with Gasteiger partial charge in [-0.3, -0.25) is 0 Å². The standard InChI is InChI=1S/C16H21BrN6O2S/c1-10-4-2-3-5-13(10)22-15-12(17)9-20-16(23-15)21-11-6-7-14(19-8-11)26(18,24)25/h6-10,13H,2-5H2,1H3,(H2,18,24,25)(H2,20,21,22,23). The maximum absolute atomic E-state index is 11.3. The highest BCUT2D eigenvalue weighted by Crippen LogP contribution is 2.29. The van der Waals surface area contributed by atoms with Gasteiger partial charge >= 0.3 is 0 Å². The summed E-state index contributed by atoms with van der Waals surface area (Å²) in [5.74, 6) is 1.72. The molecule has 140 valence electrons. The summed E-state index contributed by atoms with van der Waals surface area (Å²) >= 11 is 3.49. The Morgan fingerprint density at radius 1 is 1.19 bits per heavy atom. The second kappa shape index (κ2) is 7.85. The van der Waals surface area contributed by atoms with E-state index in [1.807, 2.05) is 0 Å². The number of nitrogens with two attached hydrogens (primary N) is 1. The van der Waals surface area contributed by atoms with Crippen LogP contribution >= 0.6 is 15.9 Å². The number of sulfonamides is 1. The molecular weight excluding hydrogens is 420 g/mol. The van der Waals surface area contributed by atoms with Crippen molar-refractivity contribution in [1.29, 1.82) is 0 Å². The van der Waals surface area contributed by atoms with E-state index in [0.717, 1.165) is 16.7 Å². The molecule has 0 aliphatic heterocycles. The van der Waals surface area contributed by atoms with Crippen LogP contribution in [0.3, 0.4) is 0 Å². The fraction of sp³-hybridized carbons (Fsp3) is 0.438. The van der Waals surface area contributed by atoms with E-state index in [2.05, 4.69) is 48.4 Å². The van der Waals surface area contributed by atoms with E-state index in [4.69, 9.17) is 5.14 Å². The highest BCUT2D eigenvalue weighted by atomic mass is 79.9. The second-order valence-corrected chi connectivity index (χ2v) is 8.82. The zero-order valence-corrected chi connectivity index (χ0v) is 16.7. The first-order chi connectivity index (χ1) is 12.3. The molecule has 4 N–H and O–H groups in total. The van der Waals surface area contributed by atoms with Gasteiger partial charge in [-0.1, -0.05) is 19.8 Å². The quantitative estimate of drug-likeness (QED) is 0.652. The number of pyridine rings is 1. The van der Waals surface area contributed by atoms with E-state index in [1.54, 1.807) is 12.3 Å². The lowest BCUT2D eigenvalue weighted by molar-refractivity contribution is 0.349. The third-order valence-electron chi connectivity index (χ3n) is 4.46. The Kier molecular flexibility index (Phi) is 5.73. The Balaban J connectivity index is 1.74. The number of aromatic nitrogens is 3. The predicted octanol–water partition coefficient (Wildman–Crippen LogP) is 3.02. The van der Waals surface area contributed by atoms with Gasteiger partial charge in [0.1, 0.15) is 5.82 Å². The Morgan fingerprint density at radius 3 is 2.62 bits per heavy atom. The fourth-order valence-corrected chi connectivity index (χ4v) is 3.75. The van der Waals surface area contributed by atoms with Crippen molar-refractivity contribution in [2.45, 2.75) is 43.7 Å². The molecule has 2 atom stereocenters. The van der Waals surface area contributed by atoms with Crippen molar-refractivity contribution < 1.29 is 8.42 Å². The molecule has 2 heterocycles. The zero-order chi connectivity index (χ0) is 18.7. The number of primary sulfonamides is 1. The van der Waals surface area contributed by atoms with E-state index in [1.165, 1.54) is 31.5 Å². The van der Waals surface area contributed by atoms with Gasteiger partial charge in [-0.05, 0) is 46.8 Å². The molecule has 0 saturated heterocycles. The molecule has 0 radical (unpaired) electrons. The second-order valence-electron chi connectivity index (χ2n) is 6.46. The van der Waals surface area contributed by atoms with E-state index < -0.39 is 10.0 Å². The van der Waals surface area contributed by atoms with Gasteiger partial charge in [0.05, 0.1) is 16.4 Å². The van der Waals surface area contributed by atoms with Crippen LogP contribution < -0.4 is 15.8 Å². The van der Waals surface area contributed by atoms with Crippen molar-refractivity contribution in [3.63, 3.8) is 0 Å². The smallest absolute Gasteiger partial charge is 0.255 e. The van der Waals surface area contributed by atoms with Gasteiger partial charge in [-0.15, -0.1) is 0 Å². The first-order valence-electron chi connectivity index (χ1n) is 8.38. The van der Waals surface area contributed by atoms with Gasteiger partial charge in [0.2, 0.25) is 5.95 Å². The number of rotatable bonds is 5. The third kappa shape index (κ3) is 4.68. The topological polar surface area (TPSA) is 123 Å². The lowest BCUT2D eigenvalue weighted by atomic mass is 9.86. The predicted molar refractivity (Wildman–Crippen MR) is 104 cm³/mol. The number of nitrogens with one attached hydrogen (secondary N) is 2. The molecule has 8 nitrogen and oxygen atoms in total. The molecule has 0 spiro atoms. The van der Waals surface area contributed by atoms with Gasteiger partial charge in [0.25, 0.3) is 10.0 Å². The molecule has 26 heavy (non-hydrogen) atoms. The van der Waals surface area contributed by atoms with Crippen LogP contribution in [-0.2, 0) is 10.0 Å².